The van der Waals surface area contributed by atoms with Gasteiger partial charge in [-0.15, -0.1) is 11.3 Å². The molecule has 3 aromatic rings. The lowest BCUT2D eigenvalue weighted by Gasteiger charge is -2.36. The normalized spacial score (nSPS) is 17.6. The monoisotopic (exact) mass is 453 g/mol. The minimum absolute atomic E-state index is 0.123. The molecule has 0 N–H and O–H groups in total. The van der Waals surface area contributed by atoms with Crippen LogP contribution in [0.1, 0.15) is 17.4 Å². The Labute approximate surface area is 192 Å². The number of aromatic nitrogens is 2. The molecule has 2 aliphatic heterocycles. The van der Waals surface area contributed by atoms with Crippen molar-refractivity contribution >= 4 is 27.2 Å². The molecule has 4 heterocycles. The van der Waals surface area contributed by atoms with Crippen molar-refractivity contribution in [3.63, 3.8) is 0 Å². The van der Waals surface area contributed by atoms with Crippen LogP contribution < -0.4 is 15.2 Å². The van der Waals surface area contributed by atoms with E-state index >= 15 is 0 Å². The van der Waals surface area contributed by atoms with Gasteiger partial charge in [-0.05, 0) is 30.7 Å². The number of fused-ring (bicyclic) bond motifs is 3. The van der Waals surface area contributed by atoms with Gasteiger partial charge in [0.1, 0.15) is 10.6 Å². The van der Waals surface area contributed by atoms with Gasteiger partial charge in [-0.3, -0.25) is 19.2 Å². The zero-order valence-corrected chi connectivity index (χ0v) is 19.7. The van der Waals surface area contributed by atoms with Crippen molar-refractivity contribution in [2.75, 3.05) is 57.8 Å². The molecule has 2 aliphatic rings. The first-order valence-electron chi connectivity index (χ1n) is 11.5. The second-order valence-corrected chi connectivity index (χ2v) is 9.63. The maximum absolute atomic E-state index is 13.3. The Morgan fingerprint density at radius 2 is 1.88 bits per heavy atom. The number of thiophene rings is 1. The highest BCUT2D eigenvalue weighted by atomic mass is 32.1. The average molecular weight is 454 g/mol. The number of anilines is 1. The van der Waals surface area contributed by atoms with Crippen LogP contribution in [0.5, 0.6) is 5.75 Å². The summed E-state index contributed by atoms with van der Waals surface area (Å²) in [4.78, 5) is 27.4. The summed E-state index contributed by atoms with van der Waals surface area (Å²) in [5.74, 6) is 0.924. The number of benzene rings is 1. The Hall–Kier alpha value is -2.42. The third kappa shape index (κ3) is 4.02. The predicted molar refractivity (Wildman–Crippen MR) is 130 cm³/mol. The Morgan fingerprint density at radius 1 is 1.06 bits per heavy atom. The molecule has 0 atom stereocenters. The van der Waals surface area contributed by atoms with Crippen LogP contribution >= 0.6 is 11.3 Å². The summed E-state index contributed by atoms with van der Waals surface area (Å²) in [5, 5.41) is 0.853. The van der Waals surface area contributed by atoms with E-state index in [0.717, 1.165) is 80.4 Å². The predicted octanol–water partition coefficient (Wildman–Crippen LogP) is 2.67. The summed E-state index contributed by atoms with van der Waals surface area (Å²) in [5.41, 5.74) is 2.50. The van der Waals surface area contributed by atoms with Crippen molar-refractivity contribution < 1.29 is 4.74 Å². The van der Waals surface area contributed by atoms with E-state index in [0.29, 0.717) is 6.54 Å². The van der Waals surface area contributed by atoms with E-state index in [9.17, 15) is 4.79 Å². The van der Waals surface area contributed by atoms with Crippen LogP contribution in [0.4, 0.5) is 5.69 Å². The first-order valence-corrected chi connectivity index (χ1v) is 12.3. The van der Waals surface area contributed by atoms with Gasteiger partial charge < -0.3 is 9.64 Å². The summed E-state index contributed by atoms with van der Waals surface area (Å²) in [6, 6.07) is 8.20. The van der Waals surface area contributed by atoms with E-state index in [1.165, 1.54) is 10.4 Å². The highest BCUT2D eigenvalue weighted by Gasteiger charge is 2.24. The topological polar surface area (TPSA) is 53.8 Å². The Morgan fingerprint density at radius 3 is 2.66 bits per heavy atom. The van der Waals surface area contributed by atoms with Gasteiger partial charge in [0.2, 0.25) is 0 Å². The zero-order chi connectivity index (χ0) is 22.1. The minimum Gasteiger partial charge on any atom is -0.495 e. The summed E-state index contributed by atoms with van der Waals surface area (Å²) in [6.07, 6.45) is 2.77. The summed E-state index contributed by atoms with van der Waals surface area (Å²) in [6.45, 7) is 10.6. The van der Waals surface area contributed by atoms with Crippen LogP contribution in [-0.4, -0.2) is 72.3 Å². The zero-order valence-electron chi connectivity index (χ0n) is 18.9. The molecule has 2 aromatic heterocycles. The molecule has 0 saturated carbocycles. The average Bonchev–Trinajstić information content (AvgIpc) is 3.22. The first-order chi connectivity index (χ1) is 15.7. The number of hydrogen-bond acceptors (Lipinski definition) is 7. The van der Waals surface area contributed by atoms with Gasteiger partial charge in [-0.1, -0.05) is 19.1 Å². The number of nitrogens with zero attached hydrogens (tertiary/aromatic N) is 5. The molecule has 1 fully saturated rings. The van der Waals surface area contributed by atoms with Gasteiger partial charge in [-0.25, -0.2) is 4.98 Å². The van der Waals surface area contributed by atoms with Gasteiger partial charge >= 0.3 is 0 Å². The molecule has 0 radical (unpaired) electrons. The fourth-order valence-corrected chi connectivity index (χ4v) is 5.97. The van der Waals surface area contributed by atoms with Gasteiger partial charge in [0.05, 0.1) is 24.5 Å². The molecule has 0 unspecified atom stereocenters. The molecule has 1 saturated heterocycles. The highest BCUT2D eigenvalue weighted by molar-refractivity contribution is 7.18. The van der Waals surface area contributed by atoms with Crippen LogP contribution in [0, 0.1) is 0 Å². The molecule has 7 nitrogen and oxygen atoms in total. The quantitative estimate of drug-likeness (QED) is 0.572. The molecule has 32 heavy (non-hydrogen) atoms. The van der Waals surface area contributed by atoms with Crippen molar-refractivity contribution in [3.05, 3.63) is 51.4 Å². The summed E-state index contributed by atoms with van der Waals surface area (Å²) < 4.78 is 7.34. The van der Waals surface area contributed by atoms with Crippen LogP contribution in [0.15, 0.2) is 35.4 Å². The van der Waals surface area contributed by atoms with Crippen LogP contribution in [0.25, 0.3) is 10.2 Å². The van der Waals surface area contributed by atoms with E-state index in [2.05, 4.69) is 38.7 Å². The lowest BCUT2D eigenvalue weighted by molar-refractivity contribution is 0.246. The number of hydrogen-bond donors (Lipinski definition) is 0. The molecule has 0 bridgehead atoms. The van der Waals surface area contributed by atoms with E-state index in [1.807, 2.05) is 16.7 Å². The largest absolute Gasteiger partial charge is 0.495 e. The first kappa shape index (κ1) is 21.4. The minimum atomic E-state index is 0.123. The van der Waals surface area contributed by atoms with Crippen molar-refractivity contribution in [1.29, 1.82) is 0 Å². The number of piperazine rings is 1. The summed E-state index contributed by atoms with van der Waals surface area (Å²) in [7, 11) is 1.72. The number of methoxy groups -OCH3 is 1. The van der Waals surface area contributed by atoms with Crippen LogP contribution in [0.2, 0.25) is 0 Å². The van der Waals surface area contributed by atoms with Crippen molar-refractivity contribution in [2.24, 2.45) is 0 Å². The smallest absolute Gasteiger partial charge is 0.262 e. The molecule has 0 amide bonds. The second kappa shape index (κ2) is 9.21. The molecule has 8 heteroatoms. The molecular weight excluding hydrogens is 422 g/mol. The van der Waals surface area contributed by atoms with Gasteiger partial charge in [0.25, 0.3) is 5.56 Å². The van der Waals surface area contributed by atoms with Gasteiger partial charge in [0, 0.05) is 57.2 Å². The Bertz CT molecular complexity index is 1150. The maximum Gasteiger partial charge on any atom is 0.262 e. The maximum atomic E-state index is 13.3. The lowest BCUT2D eigenvalue weighted by Crippen LogP contribution is -2.47. The number of para-hydroxylation sites is 2. The number of rotatable bonds is 6. The van der Waals surface area contributed by atoms with Gasteiger partial charge in [0.15, 0.2) is 0 Å². The fourth-order valence-electron chi connectivity index (χ4n) is 4.84. The molecule has 5 rings (SSSR count). The van der Waals surface area contributed by atoms with E-state index in [-0.39, 0.29) is 5.56 Å². The molecule has 0 spiro atoms. The van der Waals surface area contributed by atoms with Gasteiger partial charge in [-0.2, -0.15) is 0 Å². The van der Waals surface area contributed by atoms with Crippen LogP contribution in [0.3, 0.4) is 0 Å². The number of ether oxygens (including phenoxy) is 1. The third-order valence-electron chi connectivity index (χ3n) is 6.80. The van der Waals surface area contributed by atoms with E-state index in [1.54, 1.807) is 24.8 Å². The third-order valence-corrected chi connectivity index (χ3v) is 8.00. The van der Waals surface area contributed by atoms with Crippen molar-refractivity contribution in [2.45, 2.75) is 26.4 Å². The SMILES string of the molecule is CCN1CCc2sc3ncn(CCN4CCN(c5ccccc5OC)CC4)c(=O)c3c2C1. The fraction of sp³-hybridized carbons (Fsp3) is 0.500. The van der Waals surface area contributed by atoms with E-state index < -0.39 is 0 Å². The molecular formula is C24H31N5O2S. The Kier molecular flexibility index (Phi) is 6.17. The lowest BCUT2D eigenvalue weighted by atomic mass is 10.1. The molecule has 0 aliphatic carbocycles. The van der Waals surface area contributed by atoms with Crippen molar-refractivity contribution in [1.82, 2.24) is 19.4 Å². The standard InChI is InChI=1S/C24H31N5O2S/c1-3-26-9-8-21-18(16-26)22-23(32-21)25-17-29(24(22)30)15-12-27-10-13-28(14-11-27)19-6-4-5-7-20(19)31-2/h4-7,17H,3,8-16H2,1-2H3. The van der Waals surface area contributed by atoms with E-state index in [4.69, 9.17) is 4.74 Å². The van der Waals surface area contributed by atoms with Crippen LogP contribution in [-0.2, 0) is 19.5 Å². The molecule has 170 valence electrons. The number of likely N-dealkylation sites (N-methyl/N-ethyl adjacent to an activating group) is 1. The molecule has 1 aromatic carbocycles. The summed E-state index contributed by atoms with van der Waals surface area (Å²) >= 11 is 1.71. The Balaban J connectivity index is 1.25. The highest BCUT2D eigenvalue weighted by Crippen LogP contribution is 2.32. The van der Waals surface area contributed by atoms with Crippen molar-refractivity contribution in [3.8, 4) is 5.75 Å². The second-order valence-electron chi connectivity index (χ2n) is 8.55.